The summed E-state index contributed by atoms with van der Waals surface area (Å²) in [6, 6.07) is 6.25. The van der Waals surface area contributed by atoms with Crippen LogP contribution in [0, 0.1) is 0 Å². The largest absolute Gasteiger partial charge is 0.494 e. The second kappa shape index (κ2) is 5.48. The third-order valence-electron chi connectivity index (χ3n) is 2.08. The Morgan fingerprint density at radius 2 is 1.88 bits per heavy atom. The molecule has 3 N–H and O–H groups in total. The van der Waals surface area contributed by atoms with Gasteiger partial charge in [-0.05, 0) is 24.6 Å². The predicted octanol–water partition coefficient (Wildman–Crippen LogP) is 0.564. The molecule has 0 saturated heterocycles. The summed E-state index contributed by atoms with van der Waals surface area (Å²) in [6.07, 6.45) is -3.26. The molecule has 0 spiro atoms. The smallest absolute Gasteiger partial charge is 0.335 e. The number of benzene rings is 1. The molecular weight excluding hydrogens is 212 g/mol. The highest BCUT2D eigenvalue weighted by molar-refractivity contribution is 5.73. The summed E-state index contributed by atoms with van der Waals surface area (Å²) in [5.74, 6) is -0.829. The number of hydrogen-bond donors (Lipinski definition) is 3. The molecule has 0 amide bonds. The number of rotatable bonds is 5. The average Bonchev–Trinajstić information content (AvgIpc) is 2.28. The molecule has 16 heavy (non-hydrogen) atoms. The number of aliphatic hydroxyl groups excluding tert-OH is 2. The van der Waals surface area contributed by atoms with E-state index in [-0.39, 0.29) is 0 Å². The lowest BCUT2D eigenvalue weighted by molar-refractivity contribution is -0.153. The minimum atomic E-state index is -1.82. The fourth-order valence-corrected chi connectivity index (χ4v) is 1.25. The molecule has 1 aromatic rings. The van der Waals surface area contributed by atoms with Crippen LogP contribution in [0.25, 0.3) is 0 Å². The first-order valence-electron chi connectivity index (χ1n) is 4.88. The second-order valence-corrected chi connectivity index (χ2v) is 3.23. The van der Waals surface area contributed by atoms with Crippen LogP contribution in [0.4, 0.5) is 0 Å². The van der Waals surface area contributed by atoms with E-state index in [2.05, 4.69) is 0 Å². The SMILES string of the molecule is CCOc1ccc(C(O)C(O)C(=O)O)cc1. The van der Waals surface area contributed by atoms with Crippen LogP contribution in [0.15, 0.2) is 24.3 Å². The third-order valence-corrected chi connectivity index (χ3v) is 2.08. The van der Waals surface area contributed by atoms with Crippen molar-refractivity contribution < 1.29 is 24.9 Å². The van der Waals surface area contributed by atoms with Gasteiger partial charge < -0.3 is 20.1 Å². The van der Waals surface area contributed by atoms with E-state index < -0.39 is 18.2 Å². The highest BCUT2D eigenvalue weighted by Crippen LogP contribution is 2.20. The zero-order valence-corrected chi connectivity index (χ0v) is 8.83. The summed E-state index contributed by atoms with van der Waals surface area (Å²) in [5.41, 5.74) is 0.332. The zero-order chi connectivity index (χ0) is 12.1. The van der Waals surface area contributed by atoms with Gasteiger partial charge in [0.2, 0.25) is 0 Å². The van der Waals surface area contributed by atoms with Crippen molar-refractivity contribution in [2.24, 2.45) is 0 Å². The first-order valence-corrected chi connectivity index (χ1v) is 4.88. The van der Waals surface area contributed by atoms with Gasteiger partial charge in [-0.1, -0.05) is 12.1 Å². The first kappa shape index (κ1) is 12.5. The summed E-state index contributed by atoms with van der Waals surface area (Å²) < 4.78 is 5.19. The lowest BCUT2D eigenvalue weighted by Gasteiger charge is -2.14. The van der Waals surface area contributed by atoms with Crippen molar-refractivity contribution in [3.8, 4) is 5.75 Å². The Kier molecular flexibility index (Phi) is 4.28. The van der Waals surface area contributed by atoms with Crippen LogP contribution in [0.2, 0.25) is 0 Å². The summed E-state index contributed by atoms with van der Waals surface area (Å²) in [4.78, 5) is 10.4. The van der Waals surface area contributed by atoms with Gasteiger partial charge in [0.25, 0.3) is 0 Å². The Morgan fingerprint density at radius 1 is 1.31 bits per heavy atom. The molecule has 0 aromatic heterocycles. The highest BCUT2D eigenvalue weighted by Gasteiger charge is 2.24. The maximum Gasteiger partial charge on any atom is 0.335 e. The Hall–Kier alpha value is -1.59. The number of ether oxygens (including phenoxy) is 1. The molecule has 0 aliphatic heterocycles. The van der Waals surface area contributed by atoms with Gasteiger partial charge in [-0.15, -0.1) is 0 Å². The van der Waals surface area contributed by atoms with Crippen LogP contribution in [0.3, 0.4) is 0 Å². The fraction of sp³-hybridized carbons (Fsp3) is 0.364. The van der Waals surface area contributed by atoms with Gasteiger partial charge in [0.05, 0.1) is 6.61 Å². The Morgan fingerprint density at radius 3 is 2.31 bits per heavy atom. The number of aliphatic hydroxyl groups is 2. The van der Waals surface area contributed by atoms with E-state index in [1.54, 1.807) is 12.1 Å². The molecule has 0 fully saturated rings. The van der Waals surface area contributed by atoms with E-state index in [9.17, 15) is 9.90 Å². The Labute approximate surface area is 92.9 Å². The van der Waals surface area contributed by atoms with Gasteiger partial charge in [0.15, 0.2) is 6.10 Å². The number of carboxylic acids is 1. The molecule has 1 rings (SSSR count). The second-order valence-electron chi connectivity index (χ2n) is 3.23. The van der Waals surface area contributed by atoms with Crippen molar-refractivity contribution in [2.45, 2.75) is 19.1 Å². The molecule has 88 valence electrons. The lowest BCUT2D eigenvalue weighted by atomic mass is 10.0. The quantitative estimate of drug-likeness (QED) is 0.683. The normalized spacial score (nSPS) is 14.2. The number of carbonyl (C=O) groups is 1. The van der Waals surface area contributed by atoms with Crippen LogP contribution in [-0.2, 0) is 4.79 Å². The monoisotopic (exact) mass is 226 g/mol. The van der Waals surface area contributed by atoms with E-state index in [1.165, 1.54) is 12.1 Å². The lowest BCUT2D eigenvalue weighted by Crippen LogP contribution is -2.27. The fourth-order valence-electron chi connectivity index (χ4n) is 1.25. The van der Waals surface area contributed by atoms with Crippen LogP contribution in [0.5, 0.6) is 5.75 Å². The molecule has 1 aromatic carbocycles. The molecule has 0 bridgehead atoms. The molecular formula is C11H14O5. The van der Waals surface area contributed by atoms with Crippen molar-refractivity contribution in [3.05, 3.63) is 29.8 Å². The number of aliphatic carboxylic acids is 1. The molecule has 0 radical (unpaired) electrons. The van der Waals surface area contributed by atoms with Gasteiger partial charge in [0.1, 0.15) is 11.9 Å². The summed E-state index contributed by atoms with van der Waals surface area (Å²) in [5, 5.41) is 27.2. The van der Waals surface area contributed by atoms with E-state index in [4.69, 9.17) is 14.9 Å². The Balaban J connectivity index is 2.77. The topological polar surface area (TPSA) is 87.0 Å². The van der Waals surface area contributed by atoms with Crippen molar-refractivity contribution in [1.29, 1.82) is 0 Å². The van der Waals surface area contributed by atoms with Crippen molar-refractivity contribution >= 4 is 5.97 Å². The molecule has 2 unspecified atom stereocenters. The Bertz CT molecular complexity index is 346. The first-order chi connectivity index (χ1) is 7.56. The van der Waals surface area contributed by atoms with Crippen molar-refractivity contribution in [1.82, 2.24) is 0 Å². The van der Waals surface area contributed by atoms with E-state index in [0.29, 0.717) is 17.9 Å². The summed E-state index contributed by atoms with van der Waals surface area (Å²) >= 11 is 0. The number of carboxylic acid groups (broad SMARTS) is 1. The summed E-state index contributed by atoms with van der Waals surface area (Å²) in [7, 11) is 0. The minimum Gasteiger partial charge on any atom is -0.494 e. The van der Waals surface area contributed by atoms with Crippen molar-refractivity contribution in [2.75, 3.05) is 6.61 Å². The zero-order valence-electron chi connectivity index (χ0n) is 8.83. The molecule has 5 nitrogen and oxygen atoms in total. The van der Waals surface area contributed by atoms with E-state index in [1.807, 2.05) is 6.92 Å². The standard InChI is InChI=1S/C11H14O5/c1-2-16-8-5-3-7(4-6-8)9(12)10(13)11(14)15/h3-6,9-10,12-13H,2H2,1H3,(H,14,15). The molecule has 0 heterocycles. The number of hydrogen-bond acceptors (Lipinski definition) is 4. The molecule has 0 saturated carbocycles. The maximum absolute atomic E-state index is 10.4. The van der Waals surface area contributed by atoms with Crippen LogP contribution in [0.1, 0.15) is 18.6 Å². The molecule has 2 atom stereocenters. The van der Waals surface area contributed by atoms with Crippen LogP contribution in [-0.4, -0.2) is 34.0 Å². The predicted molar refractivity (Wildman–Crippen MR) is 56.2 cm³/mol. The van der Waals surface area contributed by atoms with Gasteiger partial charge in [-0.25, -0.2) is 4.79 Å². The summed E-state index contributed by atoms with van der Waals surface area (Å²) in [6.45, 7) is 2.37. The van der Waals surface area contributed by atoms with Crippen LogP contribution < -0.4 is 4.74 Å². The maximum atomic E-state index is 10.4. The van der Waals surface area contributed by atoms with Gasteiger partial charge in [-0.2, -0.15) is 0 Å². The van der Waals surface area contributed by atoms with Gasteiger partial charge in [0, 0.05) is 0 Å². The molecule has 0 aliphatic rings. The molecule has 5 heteroatoms. The van der Waals surface area contributed by atoms with Crippen molar-refractivity contribution in [3.63, 3.8) is 0 Å². The minimum absolute atomic E-state index is 0.332. The van der Waals surface area contributed by atoms with Crippen LogP contribution >= 0.6 is 0 Å². The highest BCUT2D eigenvalue weighted by atomic mass is 16.5. The van der Waals surface area contributed by atoms with E-state index >= 15 is 0 Å². The van der Waals surface area contributed by atoms with Gasteiger partial charge >= 0.3 is 5.97 Å². The van der Waals surface area contributed by atoms with E-state index in [0.717, 1.165) is 0 Å². The molecule has 0 aliphatic carbocycles. The van der Waals surface area contributed by atoms with Gasteiger partial charge in [-0.3, -0.25) is 0 Å². The third kappa shape index (κ3) is 2.95. The average molecular weight is 226 g/mol.